The van der Waals surface area contributed by atoms with E-state index in [1.165, 1.54) is 0 Å². The molecule has 5 heteroatoms. The van der Waals surface area contributed by atoms with E-state index in [-0.39, 0.29) is 0 Å². The van der Waals surface area contributed by atoms with Gasteiger partial charge < -0.3 is 15.0 Å². The van der Waals surface area contributed by atoms with Crippen molar-refractivity contribution < 1.29 is 4.74 Å². The highest BCUT2D eigenvalue weighted by Crippen LogP contribution is 2.05. The summed E-state index contributed by atoms with van der Waals surface area (Å²) in [6.07, 6.45) is 0.993. The molecule has 5 nitrogen and oxygen atoms in total. The Kier molecular flexibility index (Phi) is 5.74. The third kappa shape index (κ3) is 5.04. The molecule has 1 rings (SSSR count). The molecule has 0 spiro atoms. The fraction of sp³-hybridized carbons (Fsp3) is 0.636. The van der Waals surface area contributed by atoms with Gasteiger partial charge in [-0.05, 0) is 33.6 Å². The predicted octanol–water partition coefficient (Wildman–Crippen LogP) is 0.526. The lowest BCUT2D eigenvalue weighted by Crippen LogP contribution is -2.16. The van der Waals surface area contributed by atoms with Gasteiger partial charge in [0.05, 0.1) is 12.3 Å². The standard InChI is InChI=1S/C11H20N4O/c1-12-9-10-5-6-11(14-13-10)16-8-4-7-15(2)3/h5-6,12H,4,7-9H2,1-3H3. The molecule has 16 heavy (non-hydrogen) atoms. The number of ether oxygens (including phenoxy) is 1. The molecule has 1 N–H and O–H groups in total. The Morgan fingerprint density at radius 3 is 2.69 bits per heavy atom. The molecule has 0 aromatic carbocycles. The SMILES string of the molecule is CNCc1ccc(OCCCN(C)C)nn1. The number of hydrogen-bond acceptors (Lipinski definition) is 5. The van der Waals surface area contributed by atoms with Gasteiger partial charge in [-0.15, -0.1) is 5.10 Å². The zero-order valence-electron chi connectivity index (χ0n) is 10.2. The van der Waals surface area contributed by atoms with Gasteiger partial charge in [0, 0.05) is 19.2 Å². The fourth-order valence-electron chi connectivity index (χ4n) is 1.26. The first-order valence-electron chi connectivity index (χ1n) is 5.47. The van der Waals surface area contributed by atoms with Gasteiger partial charge in [-0.2, -0.15) is 5.10 Å². The number of nitrogens with zero attached hydrogens (tertiary/aromatic N) is 3. The highest BCUT2D eigenvalue weighted by molar-refractivity contribution is 5.11. The summed E-state index contributed by atoms with van der Waals surface area (Å²) in [5.74, 6) is 0.596. The topological polar surface area (TPSA) is 50.3 Å². The molecule has 0 bridgehead atoms. The Morgan fingerprint density at radius 1 is 1.31 bits per heavy atom. The first-order chi connectivity index (χ1) is 7.72. The van der Waals surface area contributed by atoms with E-state index in [1.807, 2.05) is 33.3 Å². The van der Waals surface area contributed by atoms with Gasteiger partial charge in [0.1, 0.15) is 0 Å². The summed E-state index contributed by atoms with van der Waals surface area (Å²) in [6.45, 7) is 2.43. The summed E-state index contributed by atoms with van der Waals surface area (Å²) in [7, 11) is 5.98. The molecule has 0 saturated carbocycles. The van der Waals surface area contributed by atoms with Crippen LogP contribution in [-0.2, 0) is 6.54 Å². The van der Waals surface area contributed by atoms with Crippen LogP contribution in [0, 0.1) is 0 Å². The second-order valence-electron chi connectivity index (χ2n) is 3.90. The van der Waals surface area contributed by atoms with Crippen LogP contribution < -0.4 is 10.1 Å². The molecular weight excluding hydrogens is 204 g/mol. The Morgan fingerprint density at radius 2 is 2.12 bits per heavy atom. The van der Waals surface area contributed by atoms with E-state index in [0.29, 0.717) is 12.5 Å². The zero-order valence-corrected chi connectivity index (χ0v) is 10.2. The van der Waals surface area contributed by atoms with Gasteiger partial charge in [0.15, 0.2) is 0 Å². The second kappa shape index (κ2) is 7.14. The average Bonchev–Trinajstić information content (AvgIpc) is 2.27. The summed E-state index contributed by atoms with van der Waals surface area (Å²) in [5, 5.41) is 11.0. The molecule has 0 fully saturated rings. The molecule has 0 atom stereocenters. The van der Waals surface area contributed by atoms with Crippen LogP contribution in [0.2, 0.25) is 0 Å². The number of rotatable bonds is 7. The molecule has 1 aromatic rings. The van der Waals surface area contributed by atoms with Crippen LogP contribution in [0.1, 0.15) is 12.1 Å². The number of aromatic nitrogens is 2. The maximum absolute atomic E-state index is 5.47. The quantitative estimate of drug-likeness (QED) is 0.685. The maximum Gasteiger partial charge on any atom is 0.233 e. The van der Waals surface area contributed by atoms with E-state index in [0.717, 1.165) is 25.2 Å². The molecule has 0 radical (unpaired) electrons. The molecular formula is C11H20N4O. The van der Waals surface area contributed by atoms with Crippen molar-refractivity contribution in [1.82, 2.24) is 20.4 Å². The Hall–Kier alpha value is -1.20. The van der Waals surface area contributed by atoms with E-state index < -0.39 is 0 Å². The summed E-state index contributed by atoms with van der Waals surface area (Å²) >= 11 is 0. The first kappa shape index (κ1) is 12.9. The number of hydrogen-bond donors (Lipinski definition) is 1. The normalized spacial score (nSPS) is 10.8. The molecule has 0 amide bonds. The van der Waals surface area contributed by atoms with Crippen LogP contribution in [-0.4, -0.2) is 49.4 Å². The van der Waals surface area contributed by atoms with Gasteiger partial charge in [0.25, 0.3) is 0 Å². The van der Waals surface area contributed by atoms with Crippen molar-refractivity contribution in [2.24, 2.45) is 0 Å². The van der Waals surface area contributed by atoms with Crippen molar-refractivity contribution in [1.29, 1.82) is 0 Å². The summed E-state index contributed by atoms with van der Waals surface area (Å²) in [5.41, 5.74) is 0.920. The van der Waals surface area contributed by atoms with E-state index in [2.05, 4.69) is 20.4 Å². The summed E-state index contributed by atoms with van der Waals surface area (Å²) in [6, 6.07) is 3.78. The molecule has 0 aliphatic carbocycles. The molecule has 0 aliphatic rings. The fourth-order valence-corrected chi connectivity index (χ4v) is 1.26. The minimum Gasteiger partial charge on any atom is -0.477 e. The van der Waals surface area contributed by atoms with Crippen molar-refractivity contribution >= 4 is 0 Å². The molecule has 0 aliphatic heterocycles. The molecule has 0 saturated heterocycles. The molecule has 1 aromatic heterocycles. The van der Waals surface area contributed by atoms with E-state index in [1.54, 1.807) is 0 Å². The van der Waals surface area contributed by atoms with Crippen LogP contribution in [0.25, 0.3) is 0 Å². The largest absolute Gasteiger partial charge is 0.477 e. The van der Waals surface area contributed by atoms with Gasteiger partial charge >= 0.3 is 0 Å². The van der Waals surface area contributed by atoms with Crippen LogP contribution in [0.4, 0.5) is 0 Å². The second-order valence-corrected chi connectivity index (χ2v) is 3.90. The van der Waals surface area contributed by atoms with E-state index in [9.17, 15) is 0 Å². The smallest absolute Gasteiger partial charge is 0.233 e. The Balaban J connectivity index is 2.26. The van der Waals surface area contributed by atoms with Crippen LogP contribution in [0.5, 0.6) is 5.88 Å². The average molecular weight is 224 g/mol. The molecule has 0 unspecified atom stereocenters. The molecule has 90 valence electrons. The summed E-state index contributed by atoms with van der Waals surface area (Å²) in [4.78, 5) is 2.13. The predicted molar refractivity (Wildman–Crippen MR) is 63.5 cm³/mol. The van der Waals surface area contributed by atoms with E-state index in [4.69, 9.17) is 4.74 Å². The number of nitrogens with one attached hydrogen (secondary N) is 1. The van der Waals surface area contributed by atoms with Gasteiger partial charge in [-0.3, -0.25) is 0 Å². The third-order valence-corrected chi connectivity index (χ3v) is 2.05. The lowest BCUT2D eigenvalue weighted by atomic mass is 10.4. The highest BCUT2D eigenvalue weighted by Gasteiger charge is 1.98. The lowest BCUT2D eigenvalue weighted by Gasteiger charge is -2.09. The minimum absolute atomic E-state index is 0.596. The highest BCUT2D eigenvalue weighted by atomic mass is 16.5. The third-order valence-electron chi connectivity index (χ3n) is 2.05. The van der Waals surface area contributed by atoms with Crippen molar-refractivity contribution in [3.8, 4) is 5.88 Å². The summed E-state index contributed by atoms with van der Waals surface area (Å²) < 4.78 is 5.47. The Labute approximate surface area is 96.8 Å². The van der Waals surface area contributed by atoms with Crippen molar-refractivity contribution in [3.63, 3.8) is 0 Å². The van der Waals surface area contributed by atoms with Gasteiger partial charge in [-0.1, -0.05) is 0 Å². The van der Waals surface area contributed by atoms with Crippen LogP contribution >= 0.6 is 0 Å². The lowest BCUT2D eigenvalue weighted by molar-refractivity contribution is 0.270. The van der Waals surface area contributed by atoms with Gasteiger partial charge in [0.2, 0.25) is 5.88 Å². The zero-order chi connectivity index (χ0) is 11.8. The van der Waals surface area contributed by atoms with Crippen molar-refractivity contribution in [2.45, 2.75) is 13.0 Å². The van der Waals surface area contributed by atoms with Crippen molar-refractivity contribution in [3.05, 3.63) is 17.8 Å². The Bertz CT molecular complexity index is 287. The van der Waals surface area contributed by atoms with Crippen LogP contribution in [0.15, 0.2) is 12.1 Å². The maximum atomic E-state index is 5.47. The van der Waals surface area contributed by atoms with E-state index >= 15 is 0 Å². The van der Waals surface area contributed by atoms with Gasteiger partial charge in [-0.25, -0.2) is 0 Å². The monoisotopic (exact) mass is 224 g/mol. The first-order valence-corrected chi connectivity index (χ1v) is 5.47. The van der Waals surface area contributed by atoms with Crippen LogP contribution in [0.3, 0.4) is 0 Å². The van der Waals surface area contributed by atoms with Crippen molar-refractivity contribution in [2.75, 3.05) is 34.3 Å². The minimum atomic E-state index is 0.596. The molecule has 1 heterocycles.